The second kappa shape index (κ2) is 10.0. The summed E-state index contributed by atoms with van der Waals surface area (Å²) >= 11 is 0. The average Bonchev–Trinajstić information content (AvgIpc) is 3.43. The van der Waals surface area contributed by atoms with Crippen molar-refractivity contribution in [2.75, 3.05) is 9.80 Å². The van der Waals surface area contributed by atoms with Crippen LogP contribution in [0.25, 0.3) is 0 Å². The molecule has 0 bridgehead atoms. The van der Waals surface area contributed by atoms with Crippen molar-refractivity contribution >= 4 is 34.3 Å². The number of ketones is 2. The van der Waals surface area contributed by atoms with Crippen LogP contribution < -0.4 is 9.80 Å². The van der Waals surface area contributed by atoms with Gasteiger partial charge in [0.1, 0.15) is 5.82 Å². The molecule has 0 N–H and O–H groups in total. The standard InChI is InChI=1S/C34H24N2O2/c37-33-27-19-11-12-20-28(27)34(38)29(33)21-9-1-2-10-24-32-35(25-15-5-3-6-16-25)30-22-13-14-23-31(30)36(32)26-17-7-4-8-18-26/h1-24H/b9-1+,10-2+. The lowest BCUT2D eigenvalue weighted by Crippen LogP contribution is -2.21. The zero-order valence-corrected chi connectivity index (χ0v) is 20.6. The molecule has 38 heavy (non-hydrogen) atoms. The van der Waals surface area contributed by atoms with E-state index in [9.17, 15) is 9.59 Å². The summed E-state index contributed by atoms with van der Waals surface area (Å²) in [6, 6.07) is 35.9. The van der Waals surface area contributed by atoms with E-state index >= 15 is 0 Å². The molecule has 4 nitrogen and oxygen atoms in total. The maximum Gasteiger partial charge on any atom is 0.197 e. The second-order valence-electron chi connectivity index (χ2n) is 8.91. The Morgan fingerprint density at radius 2 is 0.868 bits per heavy atom. The van der Waals surface area contributed by atoms with Gasteiger partial charge in [-0.3, -0.25) is 19.4 Å². The molecular weight excluding hydrogens is 468 g/mol. The number of benzene rings is 4. The third-order valence-corrected chi connectivity index (χ3v) is 6.60. The van der Waals surface area contributed by atoms with E-state index < -0.39 is 0 Å². The van der Waals surface area contributed by atoms with Gasteiger partial charge in [0.05, 0.1) is 16.9 Å². The third kappa shape index (κ3) is 4.08. The van der Waals surface area contributed by atoms with Gasteiger partial charge in [-0.25, -0.2) is 0 Å². The van der Waals surface area contributed by atoms with Crippen LogP contribution in [0.15, 0.2) is 157 Å². The quantitative estimate of drug-likeness (QED) is 0.161. The molecule has 182 valence electrons. The van der Waals surface area contributed by atoms with E-state index in [1.165, 1.54) is 0 Å². The fraction of sp³-hybridized carbons (Fsp3) is 0. The van der Waals surface area contributed by atoms with Crippen LogP contribution in [0.2, 0.25) is 0 Å². The van der Waals surface area contributed by atoms with Gasteiger partial charge in [0, 0.05) is 22.5 Å². The number of allylic oxidation sites excluding steroid dienone is 7. The molecule has 0 spiro atoms. The normalized spacial score (nSPS) is 14.5. The molecule has 0 unspecified atom stereocenters. The van der Waals surface area contributed by atoms with E-state index in [1.807, 2.05) is 54.6 Å². The highest BCUT2D eigenvalue weighted by atomic mass is 16.2. The highest BCUT2D eigenvalue weighted by molar-refractivity contribution is 6.39. The molecule has 4 aromatic carbocycles. The van der Waals surface area contributed by atoms with Crippen LogP contribution in [0.3, 0.4) is 0 Å². The first-order valence-corrected chi connectivity index (χ1v) is 12.5. The van der Waals surface area contributed by atoms with E-state index in [0.717, 1.165) is 28.6 Å². The molecule has 0 aromatic heterocycles. The van der Waals surface area contributed by atoms with Crippen molar-refractivity contribution in [1.29, 1.82) is 0 Å². The summed E-state index contributed by atoms with van der Waals surface area (Å²) in [6.07, 6.45) is 11.1. The van der Waals surface area contributed by atoms with E-state index in [4.69, 9.17) is 0 Å². The molecule has 1 aliphatic carbocycles. The van der Waals surface area contributed by atoms with Crippen LogP contribution in [0.5, 0.6) is 0 Å². The zero-order valence-electron chi connectivity index (χ0n) is 20.6. The van der Waals surface area contributed by atoms with Crippen molar-refractivity contribution in [3.8, 4) is 0 Å². The van der Waals surface area contributed by atoms with Gasteiger partial charge in [0.25, 0.3) is 0 Å². The van der Waals surface area contributed by atoms with E-state index in [0.29, 0.717) is 11.1 Å². The maximum atomic E-state index is 12.6. The predicted molar refractivity (Wildman–Crippen MR) is 153 cm³/mol. The van der Waals surface area contributed by atoms with Gasteiger partial charge in [-0.15, -0.1) is 0 Å². The third-order valence-electron chi connectivity index (χ3n) is 6.60. The van der Waals surface area contributed by atoms with Gasteiger partial charge in [-0.1, -0.05) is 97.1 Å². The molecule has 4 aromatic rings. The summed E-state index contributed by atoms with van der Waals surface area (Å²) in [6.45, 7) is 0. The Morgan fingerprint density at radius 3 is 1.37 bits per heavy atom. The molecular formula is C34H24N2O2. The number of carbonyl (C=O) groups is 2. The highest BCUT2D eigenvalue weighted by Gasteiger charge is 2.33. The highest BCUT2D eigenvalue weighted by Crippen LogP contribution is 2.49. The van der Waals surface area contributed by atoms with Gasteiger partial charge in [-0.2, -0.15) is 0 Å². The molecule has 0 saturated carbocycles. The summed E-state index contributed by atoms with van der Waals surface area (Å²) in [4.78, 5) is 29.7. The Kier molecular flexibility index (Phi) is 6.12. The molecule has 0 atom stereocenters. The molecule has 0 saturated heterocycles. The smallest absolute Gasteiger partial charge is 0.197 e. The van der Waals surface area contributed by atoms with Crippen molar-refractivity contribution < 1.29 is 9.59 Å². The van der Waals surface area contributed by atoms with E-state index in [2.05, 4.69) is 64.4 Å². The molecule has 0 fully saturated rings. The first-order chi connectivity index (χ1) is 18.7. The van der Waals surface area contributed by atoms with Gasteiger partial charge in [-0.05, 0) is 48.6 Å². The number of Topliss-reactive ketones (excluding diaryl/α,β-unsaturated/α-hetero) is 2. The van der Waals surface area contributed by atoms with Gasteiger partial charge in [0.2, 0.25) is 0 Å². The van der Waals surface area contributed by atoms with Gasteiger partial charge < -0.3 is 0 Å². The number of anilines is 4. The number of nitrogens with zero attached hydrogens (tertiary/aromatic N) is 2. The first-order valence-electron chi connectivity index (χ1n) is 12.5. The number of rotatable bonds is 5. The average molecular weight is 493 g/mol. The number of carbonyl (C=O) groups excluding carboxylic acids is 2. The van der Waals surface area contributed by atoms with Gasteiger partial charge in [0.15, 0.2) is 11.6 Å². The number of hydrogen-bond donors (Lipinski definition) is 0. The zero-order chi connectivity index (χ0) is 25.9. The molecule has 0 radical (unpaired) electrons. The molecule has 6 rings (SSSR count). The number of hydrogen-bond acceptors (Lipinski definition) is 4. The van der Waals surface area contributed by atoms with Crippen LogP contribution in [0, 0.1) is 0 Å². The number of fused-ring (bicyclic) bond motifs is 2. The number of para-hydroxylation sites is 4. The van der Waals surface area contributed by atoms with Crippen molar-refractivity contribution in [3.63, 3.8) is 0 Å². The summed E-state index contributed by atoms with van der Waals surface area (Å²) in [7, 11) is 0. The minimum absolute atomic E-state index is 0.200. The van der Waals surface area contributed by atoms with Crippen molar-refractivity contribution in [3.05, 3.63) is 168 Å². The minimum Gasteiger partial charge on any atom is -0.294 e. The van der Waals surface area contributed by atoms with Crippen LogP contribution in [0.4, 0.5) is 22.7 Å². The summed E-state index contributed by atoms with van der Waals surface area (Å²) < 4.78 is 0. The second-order valence-corrected chi connectivity index (χ2v) is 8.91. The molecule has 1 aliphatic heterocycles. The Bertz CT molecular complexity index is 1540. The fourth-order valence-electron chi connectivity index (χ4n) is 4.88. The Morgan fingerprint density at radius 1 is 0.447 bits per heavy atom. The SMILES string of the molecule is O=C1C(=C/C=C/C=C/C=C2N(c3ccccc3)c3ccccc3N2c2ccccc2)C(=O)c2ccccc21. The van der Waals surface area contributed by atoms with Crippen molar-refractivity contribution in [2.45, 2.75) is 0 Å². The topological polar surface area (TPSA) is 40.6 Å². The molecule has 4 heteroatoms. The minimum atomic E-state index is -0.220. The van der Waals surface area contributed by atoms with Crippen molar-refractivity contribution in [2.24, 2.45) is 0 Å². The van der Waals surface area contributed by atoms with Crippen LogP contribution in [-0.2, 0) is 0 Å². The van der Waals surface area contributed by atoms with Gasteiger partial charge >= 0.3 is 0 Å². The summed E-state index contributed by atoms with van der Waals surface area (Å²) in [5.74, 6) is 0.548. The Labute approximate surface area is 221 Å². The first kappa shape index (κ1) is 23.2. The lowest BCUT2D eigenvalue weighted by molar-refractivity contribution is 0.0989. The predicted octanol–water partition coefficient (Wildman–Crippen LogP) is 7.94. The Balaban J connectivity index is 1.33. The fourth-order valence-corrected chi connectivity index (χ4v) is 4.88. The Hall–Kier alpha value is -5.22. The molecule has 2 aliphatic rings. The summed E-state index contributed by atoms with van der Waals surface area (Å²) in [5, 5.41) is 0. The van der Waals surface area contributed by atoms with Crippen LogP contribution >= 0.6 is 0 Å². The van der Waals surface area contributed by atoms with Crippen LogP contribution in [0.1, 0.15) is 20.7 Å². The lowest BCUT2D eigenvalue weighted by Gasteiger charge is -2.25. The maximum absolute atomic E-state index is 12.6. The van der Waals surface area contributed by atoms with E-state index in [-0.39, 0.29) is 17.1 Å². The molecule has 0 amide bonds. The van der Waals surface area contributed by atoms with Crippen molar-refractivity contribution in [1.82, 2.24) is 0 Å². The summed E-state index contributed by atoms with van der Waals surface area (Å²) in [5.41, 5.74) is 5.47. The monoisotopic (exact) mass is 492 g/mol. The largest absolute Gasteiger partial charge is 0.294 e. The lowest BCUT2D eigenvalue weighted by atomic mass is 10.1. The van der Waals surface area contributed by atoms with E-state index in [1.54, 1.807) is 36.4 Å². The molecule has 1 heterocycles. The van der Waals surface area contributed by atoms with Crippen LogP contribution in [-0.4, -0.2) is 11.6 Å².